The molecule has 0 unspecified atom stereocenters. The summed E-state index contributed by atoms with van der Waals surface area (Å²) in [6.45, 7) is 0. The Morgan fingerprint density at radius 2 is 2.11 bits per heavy atom. The number of carbonyl (C=O) groups is 1. The summed E-state index contributed by atoms with van der Waals surface area (Å²) in [6, 6.07) is 3.39. The summed E-state index contributed by atoms with van der Waals surface area (Å²) < 4.78 is 22.7. The monoisotopic (exact) mass is 300 g/mol. The van der Waals surface area contributed by atoms with Crippen molar-refractivity contribution in [3.8, 4) is 0 Å². The highest BCUT2D eigenvalue weighted by Crippen LogP contribution is 2.18. The first kappa shape index (κ1) is 14.3. The summed E-state index contributed by atoms with van der Waals surface area (Å²) >= 11 is 1.42. The van der Waals surface area contributed by atoms with Crippen LogP contribution in [0.5, 0.6) is 0 Å². The van der Waals surface area contributed by atoms with E-state index >= 15 is 0 Å². The third-order valence-corrected chi connectivity index (χ3v) is 5.53. The Morgan fingerprint density at radius 3 is 2.74 bits per heavy atom. The maximum atomic E-state index is 12.1. The minimum absolute atomic E-state index is 0.0639. The molecule has 5 nitrogen and oxygen atoms in total. The molecular weight excluding hydrogens is 284 g/mol. The molecule has 0 aromatic carbocycles. The fraction of sp³-hybridized carbons (Fsp3) is 0.500. The van der Waals surface area contributed by atoms with Gasteiger partial charge in [0.25, 0.3) is 5.91 Å². The van der Waals surface area contributed by atoms with E-state index in [1.165, 1.54) is 11.8 Å². The van der Waals surface area contributed by atoms with Gasteiger partial charge >= 0.3 is 0 Å². The van der Waals surface area contributed by atoms with Crippen LogP contribution >= 0.6 is 11.8 Å². The second kappa shape index (κ2) is 5.92. The number of amides is 1. The molecule has 1 aliphatic rings. The van der Waals surface area contributed by atoms with Crippen molar-refractivity contribution in [2.45, 2.75) is 23.9 Å². The molecule has 104 valence electrons. The molecule has 1 N–H and O–H groups in total. The number of nitrogens with one attached hydrogen (secondary N) is 1. The second-order valence-electron chi connectivity index (χ2n) is 4.46. The SMILES string of the molecule is CSc1ncccc1C(=O)NC1CCS(=O)(=O)CC1. The lowest BCUT2D eigenvalue weighted by Crippen LogP contribution is -2.41. The van der Waals surface area contributed by atoms with Gasteiger partial charge < -0.3 is 5.32 Å². The zero-order valence-corrected chi connectivity index (χ0v) is 12.3. The number of pyridine rings is 1. The summed E-state index contributed by atoms with van der Waals surface area (Å²) in [5.74, 6) is 0.127. The lowest BCUT2D eigenvalue weighted by Gasteiger charge is -2.23. The van der Waals surface area contributed by atoms with Crippen LogP contribution in [-0.2, 0) is 9.84 Å². The van der Waals surface area contributed by atoms with Crippen LogP contribution in [-0.4, -0.2) is 43.1 Å². The Balaban J connectivity index is 2.02. The van der Waals surface area contributed by atoms with E-state index in [1.807, 2.05) is 6.26 Å². The molecule has 1 amide bonds. The fourth-order valence-electron chi connectivity index (χ4n) is 2.02. The maximum absolute atomic E-state index is 12.1. The van der Waals surface area contributed by atoms with E-state index in [2.05, 4.69) is 10.3 Å². The average molecular weight is 300 g/mol. The molecule has 1 fully saturated rings. The molecule has 19 heavy (non-hydrogen) atoms. The molecule has 2 rings (SSSR count). The molecule has 1 saturated heterocycles. The molecule has 0 atom stereocenters. The van der Waals surface area contributed by atoms with Gasteiger partial charge in [-0.15, -0.1) is 11.8 Å². The van der Waals surface area contributed by atoms with Crippen LogP contribution in [0.2, 0.25) is 0 Å². The Kier molecular flexibility index (Phi) is 4.46. The first-order valence-corrected chi connectivity index (χ1v) is 9.07. The molecule has 0 spiro atoms. The molecule has 0 aliphatic carbocycles. The summed E-state index contributed by atoms with van der Waals surface area (Å²) in [5.41, 5.74) is 0.545. The number of nitrogens with zero attached hydrogens (tertiary/aromatic N) is 1. The molecule has 0 saturated carbocycles. The number of sulfone groups is 1. The highest BCUT2D eigenvalue weighted by Gasteiger charge is 2.25. The molecule has 1 aromatic rings. The fourth-order valence-corrected chi connectivity index (χ4v) is 4.06. The van der Waals surface area contributed by atoms with Crippen LogP contribution < -0.4 is 5.32 Å². The number of thioether (sulfide) groups is 1. The van der Waals surface area contributed by atoms with Gasteiger partial charge in [0, 0.05) is 12.2 Å². The quantitative estimate of drug-likeness (QED) is 0.846. The Bertz CT molecular complexity index is 558. The van der Waals surface area contributed by atoms with Crippen LogP contribution in [0.25, 0.3) is 0 Å². The molecular formula is C12H16N2O3S2. The number of rotatable bonds is 3. The Labute approximate surface area is 117 Å². The highest BCUT2D eigenvalue weighted by molar-refractivity contribution is 7.98. The minimum Gasteiger partial charge on any atom is -0.349 e. The van der Waals surface area contributed by atoms with Gasteiger partial charge in [-0.3, -0.25) is 4.79 Å². The second-order valence-corrected chi connectivity index (χ2v) is 7.56. The van der Waals surface area contributed by atoms with Gasteiger partial charge in [0.1, 0.15) is 14.9 Å². The van der Waals surface area contributed by atoms with Crippen molar-refractivity contribution < 1.29 is 13.2 Å². The van der Waals surface area contributed by atoms with Crippen molar-refractivity contribution in [3.63, 3.8) is 0 Å². The average Bonchev–Trinajstić information content (AvgIpc) is 2.41. The van der Waals surface area contributed by atoms with Crippen molar-refractivity contribution in [2.75, 3.05) is 17.8 Å². The maximum Gasteiger partial charge on any atom is 0.254 e. The van der Waals surface area contributed by atoms with Crippen LogP contribution in [0, 0.1) is 0 Å². The lowest BCUT2D eigenvalue weighted by molar-refractivity contribution is 0.0930. The largest absolute Gasteiger partial charge is 0.349 e. The molecule has 0 radical (unpaired) electrons. The van der Waals surface area contributed by atoms with E-state index in [9.17, 15) is 13.2 Å². The molecule has 0 bridgehead atoms. The van der Waals surface area contributed by atoms with Gasteiger partial charge in [0.05, 0.1) is 17.1 Å². The van der Waals surface area contributed by atoms with Crippen LogP contribution in [0.4, 0.5) is 0 Å². The van der Waals surface area contributed by atoms with E-state index in [4.69, 9.17) is 0 Å². The van der Waals surface area contributed by atoms with Gasteiger partial charge in [0.2, 0.25) is 0 Å². The number of hydrogen-bond acceptors (Lipinski definition) is 5. The zero-order chi connectivity index (χ0) is 13.9. The van der Waals surface area contributed by atoms with Crippen molar-refractivity contribution in [2.24, 2.45) is 0 Å². The topological polar surface area (TPSA) is 76.1 Å². The third kappa shape index (κ3) is 3.70. The van der Waals surface area contributed by atoms with Crippen molar-refractivity contribution in [1.82, 2.24) is 10.3 Å². The zero-order valence-electron chi connectivity index (χ0n) is 10.6. The molecule has 2 heterocycles. The van der Waals surface area contributed by atoms with E-state index in [-0.39, 0.29) is 23.5 Å². The van der Waals surface area contributed by atoms with E-state index in [0.717, 1.165) is 0 Å². The van der Waals surface area contributed by atoms with Crippen molar-refractivity contribution >= 4 is 27.5 Å². The minimum atomic E-state index is -2.90. The molecule has 1 aliphatic heterocycles. The van der Waals surface area contributed by atoms with Gasteiger partial charge in [-0.2, -0.15) is 0 Å². The summed E-state index contributed by atoms with van der Waals surface area (Å²) in [5, 5.41) is 3.57. The first-order valence-electron chi connectivity index (χ1n) is 6.02. The smallest absolute Gasteiger partial charge is 0.254 e. The first-order chi connectivity index (χ1) is 9.02. The summed E-state index contributed by atoms with van der Waals surface area (Å²) in [6.07, 6.45) is 4.49. The number of hydrogen-bond donors (Lipinski definition) is 1. The van der Waals surface area contributed by atoms with Crippen LogP contribution in [0.15, 0.2) is 23.4 Å². The van der Waals surface area contributed by atoms with Crippen LogP contribution in [0.1, 0.15) is 23.2 Å². The Hall–Kier alpha value is -1.08. The van der Waals surface area contributed by atoms with Crippen molar-refractivity contribution in [1.29, 1.82) is 0 Å². The van der Waals surface area contributed by atoms with Gasteiger partial charge in [-0.1, -0.05) is 0 Å². The van der Waals surface area contributed by atoms with Gasteiger partial charge in [-0.25, -0.2) is 13.4 Å². The Morgan fingerprint density at radius 1 is 1.42 bits per heavy atom. The van der Waals surface area contributed by atoms with E-state index in [0.29, 0.717) is 23.4 Å². The van der Waals surface area contributed by atoms with E-state index in [1.54, 1.807) is 18.3 Å². The summed E-state index contributed by atoms with van der Waals surface area (Å²) in [7, 11) is -2.90. The molecule has 7 heteroatoms. The standard InChI is InChI=1S/C12H16N2O3S2/c1-18-12-10(3-2-6-13-12)11(15)14-9-4-7-19(16,17)8-5-9/h2-3,6,9H,4-5,7-8H2,1H3,(H,14,15). The third-order valence-electron chi connectivity index (χ3n) is 3.10. The van der Waals surface area contributed by atoms with Crippen LogP contribution in [0.3, 0.4) is 0 Å². The van der Waals surface area contributed by atoms with Gasteiger partial charge in [-0.05, 0) is 31.2 Å². The molecule has 1 aromatic heterocycles. The summed E-state index contributed by atoms with van der Waals surface area (Å²) in [4.78, 5) is 16.3. The predicted molar refractivity (Wildman–Crippen MR) is 75.2 cm³/mol. The van der Waals surface area contributed by atoms with Gasteiger partial charge in [0.15, 0.2) is 0 Å². The van der Waals surface area contributed by atoms with Crippen molar-refractivity contribution in [3.05, 3.63) is 23.9 Å². The predicted octanol–water partition coefficient (Wildman–Crippen LogP) is 1.11. The van der Waals surface area contributed by atoms with E-state index < -0.39 is 9.84 Å². The highest BCUT2D eigenvalue weighted by atomic mass is 32.2. The number of carbonyl (C=O) groups excluding carboxylic acids is 1. The number of aromatic nitrogens is 1. The normalized spacial score (nSPS) is 19.0. The lowest BCUT2D eigenvalue weighted by atomic mass is 10.1.